The van der Waals surface area contributed by atoms with Gasteiger partial charge in [-0.3, -0.25) is 0 Å². The van der Waals surface area contributed by atoms with Gasteiger partial charge >= 0.3 is 5.97 Å². The van der Waals surface area contributed by atoms with Gasteiger partial charge in [0.15, 0.2) is 11.5 Å². The number of methoxy groups -OCH3 is 1. The molecule has 1 atom stereocenters. The van der Waals surface area contributed by atoms with Crippen molar-refractivity contribution in [1.29, 1.82) is 5.26 Å². The molecular formula is C34H24ClFN2O6. The average Bonchev–Trinajstić information content (AvgIpc) is 3.35. The third kappa shape index (κ3) is 5.27. The van der Waals surface area contributed by atoms with Gasteiger partial charge in [0, 0.05) is 33.2 Å². The first kappa shape index (κ1) is 28.6. The van der Waals surface area contributed by atoms with Crippen molar-refractivity contribution < 1.29 is 32.5 Å². The molecule has 5 aromatic rings. The van der Waals surface area contributed by atoms with E-state index in [0.29, 0.717) is 49.9 Å². The van der Waals surface area contributed by atoms with E-state index >= 15 is 0 Å². The summed E-state index contributed by atoms with van der Waals surface area (Å²) in [5.41, 5.74) is 9.36. The van der Waals surface area contributed by atoms with Gasteiger partial charge in [-0.1, -0.05) is 41.9 Å². The van der Waals surface area contributed by atoms with E-state index in [0.717, 1.165) is 5.56 Å². The normalized spacial score (nSPS) is 14.0. The number of allylic oxidation sites excluding steroid dienone is 1. The van der Waals surface area contributed by atoms with Crippen molar-refractivity contribution in [3.63, 3.8) is 0 Å². The number of nitrogens with two attached hydrogens (primary N) is 1. The topological polar surface area (TPSA) is 117 Å². The number of halogens is 2. The molecule has 10 heteroatoms. The van der Waals surface area contributed by atoms with Crippen LogP contribution in [0, 0.1) is 24.1 Å². The Kier molecular flexibility index (Phi) is 7.60. The van der Waals surface area contributed by atoms with Crippen molar-refractivity contribution in [3.8, 4) is 29.1 Å². The van der Waals surface area contributed by atoms with Crippen molar-refractivity contribution in [2.45, 2.75) is 19.4 Å². The van der Waals surface area contributed by atoms with E-state index in [9.17, 15) is 14.4 Å². The number of furan rings is 1. The van der Waals surface area contributed by atoms with Gasteiger partial charge in [0.2, 0.25) is 11.6 Å². The number of fused-ring (bicyclic) bond motifs is 2. The zero-order chi connectivity index (χ0) is 31.0. The van der Waals surface area contributed by atoms with Crippen LogP contribution in [0.3, 0.4) is 0 Å². The van der Waals surface area contributed by atoms with E-state index in [4.69, 9.17) is 40.7 Å². The first-order valence-electron chi connectivity index (χ1n) is 13.4. The number of nitrogens with zero attached hydrogens (tertiary/aromatic N) is 1. The van der Waals surface area contributed by atoms with Gasteiger partial charge in [0.05, 0.1) is 13.0 Å². The summed E-state index contributed by atoms with van der Waals surface area (Å²) in [6, 6.07) is 23.7. The lowest BCUT2D eigenvalue weighted by molar-refractivity contribution is 0.0702. The van der Waals surface area contributed by atoms with Gasteiger partial charge in [-0.15, -0.1) is 0 Å². The Labute approximate surface area is 256 Å². The number of esters is 1. The van der Waals surface area contributed by atoms with Gasteiger partial charge in [-0.2, -0.15) is 5.26 Å². The predicted octanol–water partition coefficient (Wildman–Crippen LogP) is 7.56. The Morgan fingerprint density at radius 3 is 2.66 bits per heavy atom. The third-order valence-electron chi connectivity index (χ3n) is 7.35. The average molecular weight is 611 g/mol. The minimum Gasteiger partial charge on any atom is -0.493 e. The molecule has 0 radical (unpaired) electrons. The fourth-order valence-electron chi connectivity index (χ4n) is 5.14. The number of aryl methyl sites for hydroxylation is 1. The number of nitriles is 1. The number of rotatable bonds is 7. The summed E-state index contributed by atoms with van der Waals surface area (Å²) >= 11 is 6.27. The van der Waals surface area contributed by atoms with E-state index in [1.165, 1.54) is 31.4 Å². The molecule has 0 fully saturated rings. The maximum Gasteiger partial charge on any atom is 0.379 e. The lowest BCUT2D eigenvalue weighted by Crippen LogP contribution is -2.21. The Balaban J connectivity index is 1.29. The molecular weight excluding hydrogens is 587 g/mol. The molecule has 8 nitrogen and oxygen atoms in total. The molecule has 0 saturated heterocycles. The van der Waals surface area contributed by atoms with E-state index < -0.39 is 17.7 Å². The number of ether oxygens (including phenoxy) is 4. The molecule has 1 aromatic heterocycles. The number of hydrogen-bond acceptors (Lipinski definition) is 8. The van der Waals surface area contributed by atoms with Crippen LogP contribution in [-0.2, 0) is 6.61 Å². The Bertz CT molecular complexity index is 2010. The summed E-state index contributed by atoms with van der Waals surface area (Å²) in [6.45, 7) is 1.89. The molecule has 2 heterocycles. The minimum absolute atomic E-state index is 0.0442. The van der Waals surface area contributed by atoms with Gasteiger partial charge in [0.25, 0.3) is 0 Å². The Morgan fingerprint density at radius 2 is 1.89 bits per heavy atom. The Morgan fingerprint density at radius 1 is 1.07 bits per heavy atom. The van der Waals surface area contributed by atoms with Crippen molar-refractivity contribution in [2.24, 2.45) is 5.73 Å². The Hall–Kier alpha value is -5.46. The quantitative estimate of drug-likeness (QED) is 0.148. The largest absolute Gasteiger partial charge is 0.493 e. The van der Waals surface area contributed by atoms with E-state index in [2.05, 4.69) is 6.07 Å². The first-order valence-corrected chi connectivity index (χ1v) is 13.8. The van der Waals surface area contributed by atoms with Crippen LogP contribution < -0.4 is 24.7 Å². The SMILES string of the molecule is COc1cc(C2C(C#N)=C(N)Oc3cc(OC(=O)c4oc5ccc(F)cc5c4C)ccc32)ccc1OCc1ccccc1Cl. The molecule has 220 valence electrons. The highest BCUT2D eigenvalue weighted by Crippen LogP contribution is 2.45. The second-order valence-electron chi connectivity index (χ2n) is 10.0. The summed E-state index contributed by atoms with van der Waals surface area (Å²) in [5, 5.41) is 11.1. The van der Waals surface area contributed by atoms with Crippen molar-refractivity contribution in [1.82, 2.24) is 0 Å². The fraction of sp³-hybridized carbons (Fsp3) is 0.118. The molecule has 0 saturated carbocycles. The predicted molar refractivity (Wildman–Crippen MR) is 160 cm³/mol. The summed E-state index contributed by atoms with van der Waals surface area (Å²) in [4.78, 5) is 13.0. The second kappa shape index (κ2) is 11.7. The second-order valence-corrected chi connectivity index (χ2v) is 10.4. The first-order chi connectivity index (χ1) is 21.3. The van der Waals surface area contributed by atoms with Crippen LogP contribution in [0.5, 0.6) is 23.0 Å². The van der Waals surface area contributed by atoms with Crippen molar-refractivity contribution >= 4 is 28.5 Å². The van der Waals surface area contributed by atoms with Gasteiger partial charge in [-0.05, 0) is 55.0 Å². The zero-order valence-electron chi connectivity index (χ0n) is 23.5. The molecule has 0 aliphatic carbocycles. The third-order valence-corrected chi connectivity index (χ3v) is 7.72. The molecule has 2 N–H and O–H groups in total. The molecule has 6 rings (SSSR count). The maximum atomic E-state index is 13.7. The van der Waals surface area contributed by atoms with Crippen molar-refractivity contribution in [2.75, 3.05) is 7.11 Å². The molecule has 4 aromatic carbocycles. The summed E-state index contributed by atoms with van der Waals surface area (Å²) in [5.74, 6) is -0.529. The minimum atomic E-state index is -0.759. The molecule has 1 unspecified atom stereocenters. The lowest BCUT2D eigenvalue weighted by atomic mass is 9.83. The molecule has 44 heavy (non-hydrogen) atoms. The smallest absolute Gasteiger partial charge is 0.379 e. The molecule has 1 aliphatic heterocycles. The summed E-state index contributed by atoms with van der Waals surface area (Å²) < 4.78 is 42.3. The maximum absolute atomic E-state index is 13.7. The highest BCUT2D eigenvalue weighted by atomic mass is 35.5. The number of carbonyl (C=O) groups is 1. The fourth-order valence-corrected chi connectivity index (χ4v) is 5.33. The van der Waals surface area contributed by atoms with Crippen LogP contribution in [0.1, 0.15) is 38.7 Å². The van der Waals surface area contributed by atoms with E-state index in [-0.39, 0.29) is 29.6 Å². The monoisotopic (exact) mass is 610 g/mol. The number of benzene rings is 4. The lowest BCUT2D eigenvalue weighted by Gasteiger charge is -2.27. The van der Waals surface area contributed by atoms with Crippen molar-refractivity contribution in [3.05, 3.63) is 129 Å². The van der Waals surface area contributed by atoms with Gasteiger partial charge < -0.3 is 29.1 Å². The van der Waals surface area contributed by atoms with Gasteiger partial charge in [-0.25, -0.2) is 9.18 Å². The van der Waals surface area contributed by atoms with Crippen LogP contribution in [0.15, 0.2) is 94.7 Å². The zero-order valence-corrected chi connectivity index (χ0v) is 24.3. The summed E-state index contributed by atoms with van der Waals surface area (Å²) in [6.07, 6.45) is 0. The molecule has 0 spiro atoms. The van der Waals surface area contributed by atoms with E-state index in [1.807, 2.05) is 24.3 Å². The highest BCUT2D eigenvalue weighted by Gasteiger charge is 2.32. The van der Waals surface area contributed by atoms with Crippen LogP contribution in [0.4, 0.5) is 4.39 Å². The van der Waals surface area contributed by atoms with Crippen LogP contribution in [-0.4, -0.2) is 13.1 Å². The number of hydrogen-bond donors (Lipinski definition) is 1. The molecule has 1 aliphatic rings. The standard InChI is InChI=1S/C34H24ClFN2O6/c1-18-24-14-21(36)8-12-27(24)43-32(18)34(39)42-22-9-10-23-29(15-22)44-33(38)25(16-37)31(23)19-7-11-28(30(13-19)40-2)41-17-20-5-3-4-6-26(20)35/h3-15,31H,17,38H2,1-2H3. The highest BCUT2D eigenvalue weighted by molar-refractivity contribution is 6.31. The van der Waals surface area contributed by atoms with E-state index in [1.54, 1.807) is 37.3 Å². The molecule has 0 bridgehead atoms. The number of carbonyl (C=O) groups excluding carboxylic acids is 1. The molecule has 0 amide bonds. The van der Waals surface area contributed by atoms with Crippen LogP contribution >= 0.6 is 11.6 Å². The van der Waals surface area contributed by atoms with Crippen LogP contribution in [0.2, 0.25) is 5.02 Å². The van der Waals surface area contributed by atoms with Crippen LogP contribution in [0.25, 0.3) is 11.0 Å². The summed E-state index contributed by atoms with van der Waals surface area (Å²) in [7, 11) is 1.52. The van der Waals surface area contributed by atoms with Gasteiger partial charge in [0.1, 0.15) is 41.1 Å².